The number of nitrogens with zero attached hydrogens (tertiary/aromatic N) is 1. The lowest BCUT2D eigenvalue weighted by Gasteiger charge is -2.24. The highest BCUT2D eigenvalue weighted by Gasteiger charge is 2.36. The van der Waals surface area contributed by atoms with Gasteiger partial charge in [-0.2, -0.15) is 0 Å². The topological polar surface area (TPSA) is 75.4 Å². The van der Waals surface area contributed by atoms with Crippen molar-refractivity contribution in [2.24, 2.45) is 11.7 Å². The molecule has 1 aromatic rings. The third-order valence-corrected chi connectivity index (χ3v) is 5.22. The Bertz CT molecular complexity index is 554. The van der Waals surface area contributed by atoms with E-state index in [-0.39, 0.29) is 30.3 Å². The zero-order valence-corrected chi connectivity index (χ0v) is 14.4. The molecule has 0 radical (unpaired) electrons. The minimum Gasteiger partial charge on any atom is -0.353 e. The predicted octanol–water partition coefficient (Wildman–Crippen LogP) is 1.48. The van der Waals surface area contributed by atoms with Gasteiger partial charge in [0.2, 0.25) is 5.91 Å². The summed E-state index contributed by atoms with van der Waals surface area (Å²) in [6, 6.07) is 8.74. The number of amides is 2. The van der Waals surface area contributed by atoms with Gasteiger partial charge in [0, 0.05) is 23.9 Å². The molecule has 1 saturated carbocycles. The van der Waals surface area contributed by atoms with Crippen molar-refractivity contribution >= 4 is 36.0 Å². The third-order valence-electron chi connectivity index (χ3n) is 4.21. The van der Waals surface area contributed by atoms with Gasteiger partial charge < -0.3 is 16.0 Å². The molecule has 7 heteroatoms. The zero-order valence-electron chi connectivity index (χ0n) is 12.8. The average molecular weight is 356 g/mol. The van der Waals surface area contributed by atoms with Gasteiger partial charge in [-0.3, -0.25) is 9.59 Å². The van der Waals surface area contributed by atoms with Crippen molar-refractivity contribution in [1.82, 2.24) is 10.2 Å². The van der Waals surface area contributed by atoms with Crippen LogP contribution in [0.3, 0.4) is 0 Å². The van der Waals surface area contributed by atoms with Gasteiger partial charge in [0.25, 0.3) is 5.91 Å². The highest BCUT2D eigenvalue weighted by molar-refractivity contribution is 7.99. The molecule has 5 nitrogen and oxygen atoms in total. The minimum atomic E-state index is -0.399. The summed E-state index contributed by atoms with van der Waals surface area (Å²) in [5.41, 5.74) is 6.63. The minimum absolute atomic E-state index is 0. The number of carbonyl (C=O) groups is 2. The lowest BCUT2D eigenvalue weighted by molar-refractivity contribution is -0.124. The molecule has 0 spiro atoms. The number of hydrogen-bond donors (Lipinski definition) is 2. The largest absolute Gasteiger partial charge is 0.353 e. The molecule has 2 amide bonds. The summed E-state index contributed by atoms with van der Waals surface area (Å²) in [7, 11) is 0. The quantitative estimate of drug-likeness (QED) is 0.838. The van der Waals surface area contributed by atoms with Crippen LogP contribution in [-0.4, -0.2) is 47.0 Å². The van der Waals surface area contributed by atoms with E-state index in [1.807, 2.05) is 18.2 Å². The molecule has 1 aromatic carbocycles. The fourth-order valence-corrected chi connectivity index (χ4v) is 3.79. The summed E-state index contributed by atoms with van der Waals surface area (Å²) in [5, 5.41) is 2.91. The van der Waals surface area contributed by atoms with E-state index in [9.17, 15) is 9.59 Å². The van der Waals surface area contributed by atoms with E-state index in [1.54, 1.807) is 28.8 Å². The van der Waals surface area contributed by atoms with E-state index < -0.39 is 6.04 Å². The second-order valence-corrected chi connectivity index (χ2v) is 6.90. The first kappa shape index (κ1) is 18.1. The van der Waals surface area contributed by atoms with Crippen LogP contribution in [0.4, 0.5) is 0 Å². The van der Waals surface area contributed by atoms with Crippen molar-refractivity contribution in [2.45, 2.75) is 24.9 Å². The van der Waals surface area contributed by atoms with Gasteiger partial charge in [0.15, 0.2) is 0 Å². The van der Waals surface area contributed by atoms with Gasteiger partial charge in [0.05, 0.1) is 5.88 Å². The van der Waals surface area contributed by atoms with E-state index in [4.69, 9.17) is 5.73 Å². The number of rotatable bonds is 5. The lowest BCUT2D eigenvalue weighted by atomic mass is 10.1. The standard InChI is InChI=1S/C16H21N3O2S.ClH/c17-13(11-6-7-11)8-18-15(20)14-9-22-10-19(14)16(21)12-4-2-1-3-5-12;/h1-5,11,13-14H,6-10,17H2,(H,18,20);1H. The first-order valence-electron chi connectivity index (χ1n) is 7.64. The Morgan fingerprint density at radius 2 is 2.00 bits per heavy atom. The Balaban J connectivity index is 0.00000192. The number of carbonyl (C=O) groups excluding carboxylic acids is 2. The monoisotopic (exact) mass is 355 g/mol. The van der Waals surface area contributed by atoms with E-state index >= 15 is 0 Å². The van der Waals surface area contributed by atoms with Crippen LogP contribution < -0.4 is 11.1 Å². The van der Waals surface area contributed by atoms with Gasteiger partial charge in [-0.1, -0.05) is 18.2 Å². The smallest absolute Gasteiger partial charge is 0.255 e. The first-order chi connectivity index (χ1) is 10.7. The Hall–Kier alpha value is -1.24. The molecule has 126 valence electrons. The van der Waals surface area contributed by atoms with E-state index in [0.717, 1.165) is 12.8 Å². The van der Waals surface area contributed by atoms with E-state index in [0.29, 0.717) is 29.7 Å². The number of thioether (sulfide) groups is 1. The molecule has 0 bridgehead atoms. The molecule has 2 fully saturated rings. The first-order valence-corrected chi connectivity index (χ1v) is 8.79. The van der Waals surface area contributed by atoms with Crippen molar-refractivity contribution < 1.29 is 9.59 Å². The fourth-order valence-electron chi connectivity index (χ4n) is 2.63. The van der Waals surface area contributed by atoms with Crippen molar-refractivity contribution in [2.75, 3.05) is 18.2 Å². The average Bonchev–Trinajstić information content (AvgIpc) is 3.29. The molecule has 2 atom stereocenters. The fraction of sp³-hybridized carbons (Fsp3) is 0.500. The maximum atomic E-state index is 12.5. The molecule has 2 aliphatic rings. The molecule has 2 unspecified atom stereocenters. The van der Waals surface area contributed by atoms with Crippen molar-refractivity contribution in [3.05, 3.63) is 35.9 Å². The molecule has 0 aromatic heterocycles. The van der Waals surface area contributed by atoms with Gasteiger partial charge >= 0.3 is 0 Å². The maximum Gasteiger partial charge on any atom is 0.255 e. The molecule has 3 rings (SSSR count). The molecule has 1 aliphatic heterocycles. The second kappa shape index (κ2) is 8.04. The van der Waals surface area contributed by atoms with Crippen molar-refractivity contribution in [1.29, 1.82) is 0 Å². The highest BCUT2D eigenvalue weighted by atomic mass is 35.5. The van der Waals surface area contributed by atoms with Gasteiger partial charge in [-0.05, 0) is 30.9 Å². The summed E-state index contributed by atoms with van der Waals surface area (Å²) in [6.45, 7) is 0.498. The van der Waals surface area contributed by atoms with Crippen LogP contribution in [0, 0.1) is 5.92 Å². The molecule has 23 heavy (non-hydrogen) atoms. The van der Waals surface area contributed by atoms with E-state index in [1.165, 1.54) is 0 Å². The Labute approximate surface area is 146 Å². The van der Waals surface area contributed by atoms with Crippen LogP contribution in [0.15, 0.2) is 30.3 Å². The normalized spacial score (nSPS) is 21.4. The van der Waals surface area contributed by atoms with Crippen LogP contribution in [-0.2, 0) is 4.79 Å². The van der Waals surface area contributed by atoms with Crippen molar-refractivity contribution in [3.63, 3.8) is 0 Å². The number of benzene rings is 1. The van der Waals surface area contributed by atoms with Crippen LogP contribution in [0.25, 0.3) is 0 Å². The van der Waals surface area contributed by atoms with Crippen LogP contribution in [0.2, 0.25) is 0 Å². The molecular weight excluding hydrogens is 334 g/mol. The summed E-state index contributed by atoms with van der Waals surface area (Å²) >= 11 is 1.61. The summed E-state index contributed by atoms with van der Waals surface area (Å²) in [4.78, 5) is 26.5. The molecule has 1 saturated heterocycles. The second-order valence-electron chi connectivity index (χ2n) is 5.90. The number of nitrogens with two attached hydrogens (primary N) is 1. The summed E-state index contributed by atoms with van der Waals surface area (Å²) in [6.07, 6.45) is 2.32. The van der Waals surface area contributed by atoms with Gasteiger partial charge in [-0.15, -0.1) is 24.2 Å². The van der Waals surface area contributed by atoms with Gasteiger partial charge in [-0.25, -0.2) is 0 Å². The van der Waals surface area contributed by atoms with Gasteiger partial charge in [0.1, 0.15) is 6.04 Å². The third kappa shape index (κ3) is 4.40. The summed E-state index contributed by atoms with van der Waals surface area (Å²) < 4.78 is 0. The number of hydrogen-bond acceptors (Lipinski definition) is 4. The predicted molar refractivity (Wildman–Crippen MR) is 94.7 cm³/mol. The Morgan fingerprint density at radius 1 is 1.30 bits per heavy atom. The summed E-state index contributed by atoms with van der Waals surface area (Å²) in [5.74, 6) is 1.58. The SMILES string of the molecule is Cl.NC(CNC(=O)C1CSCN1C(=O)c1ccccc1)C1CC1. The van der Waals surface area contributed by atoms with Crippen LogP contribution in [0.5, 0.6) is 0 Å². The van der Waals surface area contributed by atoms with Crippen LogP contribution in [0.1, 0.15) is 23.2 Å². The van der Waals surface area contributed by atoms with E-state index in [2.05, 4.69) is 5.32 Å². The highest BCUT2D eigenvalue weighted by Crippen LogP contribution is 2.31. The maximum absolute atomic E-state index is 12.5. The molecule has 1 heterocycles. The van der Waals surface area contributed by atoms with Crippen LogP contribution >= 0.6 is 24.2 Å². The lowest BCUT2D eigenvalue weighted by Crippen LogP contribution is -2.49. The molecular formula is C16H22ClN3O2S. The Morgan fingerprint density at radius 3 is 2.65 bits per heavy atom. The number of nitrogens with one attached hydrogen (secondary N) is 1. The molecule has 3 N–H and O–H groups in total. The zero-order chi connectivity index (χ0) is 15.5. The number of halogens is 1. The van der Waals surface area contributed by atoms with Crippen molar-refractivity contribution in [3.8, 4) is 0 Å². The Kier molecular flexibility index (Phi) is 6.33. The molecule has 1 aliphatic carbocycles.